The van der Waals surface area contributed by atoms with Crippen molar-refractivity contribution in [3.63, 3.8) is 0 Å². The monoisotopic (exact) mass is 411 g/mol. The highest BCUT2D eigenvalue weighted by atomic mass is 32.2. The molecule has 1 N–H and O–H groups in total. The molecule has 0 aliphatic carbocycles. The number of carbonyl (C=O) groups is 2. The lowest BCUT2D eigenvalue weighted by molar-refractivity contribution is -0.146. The van der Waals surface area contributed by atoms with Crippen molar-refractivity contribution < 1.29 is 22.7 Å². The van der Waals surface area contributed by atoms with Gasteiger partial charge in [0, 0.05) is 5.69 Å². The Bertz CT molecular complexity index is 1140. The minimum atomic E-state index is -3.64. The van der Waals surface area contributed by atoms with Crippen LogP contribution in [0.25, 0.3) is 10.8 Å². The fourth-order valence-corrected chi connectivity index (χ4v) is 4.00. The standard InChI is InChI=1S/C22H21NO5S/c1-16-6-9-19(10-7-16)23-21(24)15-28-22(25)12-13-29(26,27)20-11-8-17-4-2-3-5-18(17)14-20/h2-11,14H,12-13,15H2,1H3,(H,23,24). The summed E-state index contributed by atoms with van der Waals surface area (Å²) in [7, 11) is -3.64. The molecule has 3 rings (SSSR count). The Balaban J connectivity index is 1.51. The highest BCUT2D eigenvalue weighted by Crippen LogP contribution is 2.20. The van der Waals surface area contributed by atoms with Crippen LogP contribution < -0.4 is 5.32 Å². The van der Waals surface area contributed by atoms with Crippen molar-refractivity contribution in [2.24, 2.45) is 0 Å². The third-order valence-corrected chi connectivity index (χ3v) is 6.07. The number of carbonyl (C=O) groups excluding carboxylic acids is 2. The second-order valence-electron chi connectivity index (χ2n) is 6.65. The van der Waals surface area contributed by atoms with Gasteiger partial charge in [-0.3, -0.25) is 9.59 Å². The maximum atomic E-state index is 12.5. The van der Waals surface area contributed by atoms with Gasteiger partial charge < -0.3 is 10.1 Å². The normalized spacial score (nSPS) is 11.2. The molecule has 3 aromatic rings. The summed E-state index contributed by atoms with van der Waals surface area (Å²) in [6, 6.07) is 19.5. The van der Waals surface area contributed by atoms with Crippen LogP contribution in [0, 0.1) is 6.92 Å². The van der Waals surface area contributed by atoms with Gasteiger partial charge in [-0.1, -0.05) is 48.0 Å². The molecule has 0 heterocycles. The molecule has 29 heavy (non-hydrogen) atoms. The fourth-order valence-electron chi connectivity index (χ4n) is 2.75. The van der Waals surface area contributed by atoms with Gasteiger partial charge in [0.2, 0.25) is 0 Å². The van der Waals surface area contributed by atoms with Crippen molar-refractivity contribution in [1.29, 1.82) is 0 Å². The first-order chi connectivity index (χ1) is 13.8. The molecule has 0 spiro atoms. The van der Waals surface area contributed by atoms with Crippen LogP contribution in [0.4, 0.5) is 5.69 Å². The topological polar surface area (TPSA) is 89.5 Å². The van der Waals surface area contributed by atoms with Crippen molar-refractivity contribution >= 4 is 38.2 Å². The van der Waals surface area contributed by atoms with Gasteiger partial charge in [0.25, 0.3) is 5.91 Å². The fraction of sp³-hybridized carbons (Fsp3) is 0.182. The summed E-state index contributed by atoms with van der Waals surface area (Å²) >= 11 is 0. The van der Waals surface area contributed by atoms with E-state index in [0.717, 1.165) is 16.3 Å². The molecular formula is C22H21NO5S. The van der Waals surface area contributed by atoms with Crippen LogP contribution >= 0.6 is 0 Å². The molecule has 0 radical (unpaired) electrons. The smallest absolute Gasteiger partial charge is 0.307 e. The van der Waals surface area contributed by atoms with Gasteiger partial charge in [0.15, 0.2) is 16.4 Å². The Hall–Kier alpha value is -3.19. The van der Waals surface area contributed by atoms with E-state index in [-0.39, 0.29) is 17.1 Å². The summed E-state index contributed by atoms with van der Waals surface area (Å²) < 4.78 is 29.9. The zero-order valence-corrected chi connectivity index (χ0v) is 16.7. The van der Waals surface area contributed by atoms with Gasteiger partial charge in [-0.2, -0.15) is 0 Å². The Morgan fingerprint density at radius 1 is 0.931 bits per heavy atom. The van der Waals surface area contributed by atoms with Crippen molar-refractivity contribution in [2.75, 3.05) is 17.7 Å². The van der Waals surface area contributed by atoms with Crippen molar-refractivity contribution in [3.8, 4) is 0 Å². The molecule has 7 heteroatoms. The van der Waals surface area contributed by atoms with E-state index < -0.39 is 28.3 Å². The van der Waals surface area contributed by atoms with Crippen LogP contribution in [-0.2, 0) is 24.2 Å². The SMILES string of the molecule is Cc1ccc(NC(=O)COC(=O)CCS(=O)(=O)c2ccc3ccccc3c2)cc1. The zero-order chi connectivity index (χ0) is 20.9. The molecule has 0 aromatic heterocycles. The molecule has 0 saturated carbocycles. The highest BCUT2D eigenvalue weighted by molar-refractivity contribution is 7.91. The molecule has 6 nitrogen and oxygen atoms in total. The number of hydrogen-bond acceptors (Lipinski definition) is 5. The molecule has 3 aromatic carbocycles. The number of benzene rings is 3. The zero-order valence-electron chi connectivity index (χ0n) is 15.9. The minimum absolute atomic E-state index is 0.154. The summed E-state index contributed by atoms with van der Waals surface area (Å²) in [4.78, 5) is 23.9. The van der Waals surface area contributed by atoms with Crippen LogP contribution in [-0.4, -0.2) is 32.7 Å². The van der Waals surface area contributed by atoms with Gasteiger partial charge in [0.1, 0.15) is 0 Å². The molecular weight excluding hydrogens is 390 g/mol. The van der Waals surface area contributed by atoms with Gasteiger partial charge in [-0.25, -0.2) is 8.42 Å². The number of ether oxygens (including phenoxy) is 1. The average Bonchev–Trinajstić information content (AvgIpc) is 2.72. The first-order valence-electron chi connectivity index (χ1n) is 9.07. The number of fused-ring (bicyclic) bond motifs is 1. The number of nitrogens with one attached hydrogen (secondary N) is 1. The van der Waals surface area contributed by atoms with E-state index in [1.807, 2.05) is 43.3 Å². The van der Waals surface area contributed by atoms with Gasteiger partial charge in [-0.05, 0) is 42.0 Å². The summed E-state index contributed by atoms with van der Waals surface area (Å²) in [5.41, 5.74) is 1.65. The third kappa shape index (κ3) is 5.65. The molecule has 0 saturated heterocycles. The van der Waals surface area contributed by atoms with Crippen LogP contribution in [0.2, 0.25) is 0 Å². The Morgan fingerprint density at radius 3 is 2.34 bits per heavy atom. The van der Waals surface area contributed by atoms with Gasteiger partial charge in [-0.15, -0.1) is 0 Å². The van der Waals surface area contributed by atoms with E-state index in [1.165, 1.54) is 6.07 Å². The number of esters is 1. The summed E-state index contributed by atoms with van der Waals surface area (Å²) in [5, 5.41) is 4.35. The molecule has 0 fully saturated rings. The van der Waals surface area contributed by atoms with Crippen molar-refractivity contribution in [3.05, 3.63) is 72.3 Å². The Kier molecular flexibility index (Phi) is 6.29. The first-order valence-corrected chi connectivity index (χ1v) is 10.7. The van der Waals surface area contributed by atoms with E-state index in [2.05, 4.69) is 5.32 Å². The van der Waals surface area contributed by atoms with Crippen LogP contribution in [0.1, 0.15) is 12.0 Å². The summed E-state index contributed by atoms with van der Waals surface area (Å²) in [5.74, 6) is -1.61. The molecule has 0 atom stereocenters. The molecule has 0 unspecified atom stereocenters. The quantitative estimate of drug-likeness (QED) is 0.601. The number of hydrogen-bond donors (Lipinski definition) is 1. The lowest BCUT2D eigenvalue weighted by atomic mass is 10.1. The Morgan fingerprint density at radius 2 is 1.62 bits per heavy atom. The third-order valence-electron chi connectivity index (χ3n) is 4.35. The van der Waals surface area contributed by atoms with E-state index in [1.54, 1.807) is 24.3 Å². The molecule has 0 aliphatic heterocycles. The second kappa shape index (κ2) is 8.87. The number of anilines is 1. The minimum Gasteiger partial charge on any atom is -0.456 e. The Labute approximate surface area is 169 Å². The summed E-state index contributed by atoms with van der Waals surface area (Å²) in [6.07, 6.45) is -0.326. The molecule has 0 bridgehead atoms. The first kappa shape index (κ1) is 20.5. The van der Waals surface area contributed by atoms with Crippen LogP contribution in [0.5, 0.6) is 0 Å². The van der Waals surface area contributed by atoms with E-state index in [0.29, 0.717) is 5.69 Å². The van der Waals surface area contributed by atoms with Crippen LogP contribution in [0.3, 0.4) is 0 Å². The lowest BCUT2D eigenvalue weighted by Gasteiger charge is -2.08. The molecule has 150 valence electrons. The van der Waals surface area contributed by atoms with E-state index in [9.17, 15) is 18.0 Å². The highest BCUT2D eigenvalue weighted by Gasteiger charge is 2.18. The summed E-state index contributed by atoms with van der Waals surface area (Å²) in [6.45, 7) is 1.46. The average molecular weight is 411 g/mol. The van der Waals surface area contributed by atoms with Crippen molar-refractivity contribution in [1.82, 2.24) is 0 Å². The maximum absolute atomic E-state index is 12.5. The molecule has 1 amide bonds. The van der Waals surface area contributed by atoms with Crippen LogP contribution in [0.15, 0.2) is 71.6 Å². The number of sulfone groups is 1. The number of aryl methyl sites for hydroxylation is 1. The number of amides is 1. The molecule has 0 aliphatic rings. The van der Waals surface area contributed by atoms with Crippen molar-refractivity contribution in [2.45, 2.75) is 18.2 Å². The largest absolute Gasteiger partial charge is 0.456 e. The predicted octanol–water partition coefficient (Wildman–Crippen LogP) is 3.49. The van der Waals surface area contributed by atoms with Gasteiger partial charge in [0.05, 0.1) is 17.1 Å². The lowest BCUT2D eigenvalue weighted by Crippen LogP contribution is -2.22. The second-order valence-corrected chi connectivity index (χ2v) is 8.76. The maximum Gasteiger partial charge on any atom is 0.307 e. The predicted molar refractivity (Wildman–Crippen MR) is 111 cm³/mol. The van der Waals surface area contributed by atoms with E-state index in [4.69, 9.17) is 4.74 Å². The van der Waals surface area contributed by atoms with E-state index >= 15 is 0 Å². The van der Waals surface area contributed by atoms with Gasteiger partial charge >= 0.3 is 5.97 Å². The number of rotatable bonds is 7.